The van der Waals surface area contributed by atoms with Gasteiger partial charge in [0.05, 0.1) is 30.5 Å². The van der Waals surface area contributed by atoms with E-state index in [9.17, 15) is 4.79 Å². The van der Waals surface area contributed by atoms with Gasteiger partial charge in [-0.05, 0) is 55.3 Å². The molecule has 0 atom stereocenters. The van der Waals surface area contributed by atoms with Crippen LogP contribution in [0.2, 0.25) is 0 Å². The Labute approximate surface area is 216 Å². The predicted octanol–water partition coefficient (Wildman–Crippen LogP) is 5.27. The summed E-state index contributed by atoms with van der Waals surface area (Å²) in [5.74, 6) is 1.71. The van der Waals surface area contributed by atoms with Crippen molar-refractivity contribution in [3.05, 3.63) is 48.0 Å². The number of aromatic nitrogens is 1. The standard InChI is InChI=1S/C25H31N3O3S2.ClH/c1-19-4-9-22-23(18-19)33-25(26-22)28(12-3-11-27-13-15-31-16-14-27)24(29)10-17-32-21-7-5-20(30-2)6-8-21;/h4-9,18H,3,10-17H2,1-2H3;1H. The number of morpholine rings is 1. The van der Waals surface area contributed by atoms with Crippen LogP contribution in [-0.4, -0.2) is 68.0 Å². The second-order valence-electron chi connectivity index (χ2n) is 8.09. The summed E-state index contributed by atoms with van der Waals surface area (Å²) < 4.78 is 11.8. The molecule has 1 saturated heterocycles. The van der Waals surface area contributed by atoms with Gasteiger partial charge in [-0.3, -0.25) is 14.6 Å². The van der Waals surface area contributed by atoms with Crippen molar-refractivity contribution in [3.8, 4) is 5.75 Å². The van der Waals surface area contributed by atoms with E-state index in [2.05, 4.69) is 24.0 Å². The molecule has 2 heterocycles. The van der Waals surface area contributed by atoms with Gasteiger partial charge in [-0.2, -0.15) is 0 Å². The lowest BCUT2D eigenvalue weighted by molar-refractivity contribution is -0.118. The van der Waals surface area contributed by atoms with Crippen molar-refractivity contribution >= 4 is 56.8 Å². The second-order valence-corrected chi connectivity index (χ2v) is 10.3. The summed E-state index contributed by atoms with van der Waals surface area (Å²) in [6.07, 6.45) is 1.40. The molecule has 1 fully saturated rings. The molecule has 0 unspecified atom stereocenters. The first-order valence-electron chi connectivity index (χ1n) is 11.4. The van der Waals surface area contributed by atoms with Crippen LogP contribution < -0.4 is 9.64 Å². The Morgan fingerprint density at radius 3 is 2.71 bits per heavy atom. The van der Waals surface area contributed by atoms with Gasteiger partial charge in [0.1, 0.15) is 5.75 Å². The summed E-state index contributed by atoms with van der Waals surface area (Å²) >= 11 is 3.30. The fourth-order valence-corrected chi connectivity index (χ4v) is 5.75. The number of benzene rings is 2. The Bertz CT molecular complexity index is 1060. The first-order chi connectivity index (χ1) is 16.1. The first-order valence-corrected chi connectivity index (χ1v) is 13.2. The molecule has 2 aromatic carbocycles. The number of hydrogen-bond donors (Lipinski definition) is 0. The smallest absolute Gasteiger partial charge is 0.229 e. The molecule has 0 saturated carbocycles. The van der Waals surface area contributed by atoms with Crippen LogP contribution in [0.3, 0.4) is 0 Å². The average Bonchev–Trinajstić information content (AvgIpc) is 3.25. The topological polar surface area (TPSA) is 54.9 Å². The number of rotatable bonds is 10. The van der Waals surface area contributed by atoms with Crippen LogP contribution in [0.1, 0.15) is 18.4 Å². The largest absolute Gasteiger partial charge is 0.497 e. The van der Waals surface area contributed by atoms with E-state index < -0.39 is 0 Å². The highest BCUT2D eigenvalue weighted by Gasteiger charge is 2.20. The van der Waals surface area contributed by atoms with Gasteiger partial charge in [0.2, 0.25) is 5.91 Å². The van der Waals surface area contributed by atoms with Crippen molar-refractivity contribution < 1.29 is 14.3 Å². The van der Waals surface area contributed by atoms with Crippen molar-refractivity contribution in [2.75, 3.05) is 57.2 Å². The van der Waals surface area contributed by atoms with E-state index >= 15 is 0 Å². The minimum Gasteiger partial charge on any atom is -0.497 e. The maximum Gasteiger partial charge on any atom is 0.229 e. The van der Waals surface area contributed by atoms with Crippen molar-refractivity contribution in [3.63, 3.8) is 0 Å². The molecule has 0 radical (unpaired) electrons. The zero-order valence-corrected chi connectivity index (χ0v) is 22.1. The molecule has 0 bridgehead atoms. The Morgan fingerprint density at radius 2 is 1.97 bits per heavy atom. The lowest BCUT2D eigenvalue weighted by atomic mass is 10.2. The van der Waals surface area contributed by atoms with Gasteiger partial charge < -0.3 is 9.47 Å². The second kappa shape index (κ2) is 13.3. The van der Waals surface area contributed by atoms with Crippen LogP contribution in [-0.2, 0) is 9.53 Å². The normalized spacial score (nSPS) is 14.1. The molecule has 4 rings (SSSR count). The van der Waals surface area contributed by atoms with Gasteiger partial charge in [0, 0.05) is 43.2 Å². The summed E-state index contributed by atoms with van der Waals surface area (Å²) in [6.45, 7) is 7.26. The van der Waals surface area contributed by atoms with Crippen molar-refractivity contribution in [1.82, 2.24) is 9.88 Å². The highest BCUT2D eigenvalue weighted by Crippen LogP contribution is 2.30. The predicted molar refractivity (Wildman–Crippen MR) is 144 cm³/mol. The monoisotopic (exact) mass is 521 g/mol. The number of aryl methyl sites for hydroxylation is 1. The third-order valence-corrected chi connectivity index (χ3v) is 7.72. The number of halogens is 1. The minimum absolute atomic E-state index is 0. The van der Waals surface area contributed by atoms with E-state index in [4.69, 9.17) is 14.5 Å². The summed E-state index contributed by atoms with van der Waals surface area (Å²) in [5, 5.41) is 0.803. The highest BCUT2D eigenvalue weighted by molar-refractivity contribution is 7.99. The maximum absolute atomic E-state index is 13.3. The molecule has 1 aromatic heterocycles. The minimum atomic E-state index is 0. The number of fused-ring (bicyclic) bond motifs is 1. The fourth-order valence-electron chi connectivity index (χ4n) is 3.80. The maximum atomic E-state index is 13.3. The van der Waals surface area contributed by atoms with Gasteiger partial charge >= 0.3 is 0 Å². The van der Waals surface area contributed by atoms with Gasteiger partial charge in [-0.25, -0.2) is 4.98 Å². The van der Waals surface area contributed by atoms with Gasteiger partial charge in [-0.1, -0.05) is 17.4 Å². The number of methoxy groups -OCH3 is 1. The van der Waals surface area contributed by atoms with Crippen molar-refractivity contribution in [2.24, 2.45) is 0 Å². The quantitative estimate of drug-likeness (QED) is 0.339. The van der Waals surface area contributed by atoms with E-state index in [1.54, 1.807) is 30.2 Å². The summed E-state index contributed by atoms with van der Waals surface area (Å²) in [4.78, 5) is 23.5. The molecule has 1 aliphatic heterocycles. The highest BCUT2D eigenvalue weighted by atomic mass is 35.5. The molecule has 184 valence electrons. The number of thioether (sulfide) groups is 1. The Morgan fingerprint density at radius 1 is 1.21 bits per heavy atom. The number of carbonyl (C=O) groups excluding carboxylic acids is 1. The fraction of sp³-hybridized carbons (Fsp3) is 0.440. The number of anilines is 1. The van der Waals surface area contributed by atoms with Crippen LogP contribution in [0.25, 0.3) is 10.2 Å². The van der Waals surface area contributed by atoms with Crippen LogP contribution in [0.5, 0.6) is 5.75 Å². The Kier molecular flexibility index (Phi) is 10.5. The number of hydrogen-bond acceptors (Lipinski definition) is 7. The van der Waals surface area contributed by atoms with E-state index in [0.717, 1.165) is 71.0 Å². The van der Waals surface area contributed by atoms with E-state index in [-0.39, 0.29) is 18.3 Å². The lowest BCUT2D eigenvalue weighted by Crippen LogP contribution is -2.39. The number of ether oxygens (including phenoxy) is 2. The first kappa shape index (κ1) is 26.8. The van der Waals surface area contributed by atoms with Crippen molar-refractivity contribution in [2.45, 2.75) is 24.7 Å². The average molecular weight is 522 g/mol. The number of nitrogens with zero attached hydrogens (tertiary/aromatic N) is 3. The summed E-state index contributed by atoms with van der Waals surface area (Å²) in [6, 6.07) is 14.2. The van der Waals surface area contributed by atoms with Crippen LogP contribution >= 0.6 is 35.5 Å². The van der Waals surface area contributed by atoms with Crippen LogP contribution in [0, 0.1) is 6.92 Å². The number of amides is 1. The zero-order valence-electron chi connectivity index (χ0n) is 19.7. The molecule has 0 aliphatic carbocycles. The Balaban J connectivity index is 0.00000324. The number of thiazole rings is 1. The molecular formula is C25H32ClN3O3S2. The van der Waals surface area contributed by atoms with Crippen LogP contribution in [0.4, 0.5) is 5.13 Å². The van der Waals surface area contributed by atoms with Crippen molar-refractivity contribution in [1.29, 1.82) is 0 Å². The SMILES string of the molecule is COc1ccc(SCCC(=O)N(CCCN2CCOCC2)c2nc3ccc(C)cc3s2)cc1.Cl. The van der Waals surface area contributed by atoms with Gasteiger partial charge in [0.15, 0.2) is 5.13 Å². The zero-order chi connectivity index (χ0) is 23.0. The van der Waals surface area contributed by atoms with Gasteiger partial charge in [-0.15, -0.1) is 24.2 Å². The molecule has 9 heteroatoms. The molecule has 0 spiro atoms. The Hall–Kier alpha value is -1.84. The van der Waals surface area contributed by atoms with E-state index in [0.29, 0.717) is 13.0 Å². The summed E-state index contributed by atoms with van der Waals surface area (Å²) in [7, 11) is 1.66. The molecule has 1 amide bonds. The molecule has 34 heavy (non-hydrogen) atoms. The number of carbonyl (C=O) groups is 1. The third kappa shape index (κ3) is 7.33. The lowest BCUT2D eigenvalue weighted by Gasteiger charge is -2.27. The molecule has 6 nitrogen and oxygen atoms in total. The van der Waals surface area contributed by atoms with Crippen LogP contribution in [0.15, 0.2) is 47.4 Å². The molecule has 0 N–H and O–H groups in total. The van der Waals surface area contributed by atoms with Gasteiger partial charge in [0.25, 0.3) is 0 Å². The molecule has 1 aliphatic rings. The summed E-state index contributed by atoms with van der Waals surface area (Å²) in [5.41, 5.74) is 2.16. The van der Waals surface area contributed by atoms with E-state index in [1.165, 1.54) is 5.56 Å². The third-order valence-electron chi connectivity index (χ3n) is 5.67. The molecular weight excluding hydrogens is 490 g/mol. The van der Waals surface area contributed by atoms with E-state index in [1.807, 2.05) is 35.2 Å². The molecule has 3 aromatic rings.